The van der Waals surface area contributed by atoms with E-state index in [9.17, 15) is 0 Å². The number of aryl methyl sites for hydroxylation is 1. The molecule has 0 radical (unpaired) electrons. The molecule has 4 nitrogen and oxygen atoms in total. The topological polar surface area (TPSA) is 59.6 Å². The second kappa shape index (κ2) is 7.84. The van der Waals surface area contributed by atoms with Crippen molar-refractivity contribution in [2.45, 2.75) is 19.9 Å². The first-order valence-corrected chi connectivity index (χ1v) is 7.90. The molecule has 2 rings (SSSR count). The summed E-state index contributed by atoms with van der Waals surface area (Å²) < 4.78 is 6.32. The van der Waals surface area contributed by atoms with Crippen LogP contribution in [0.1, 0.15) is 18.1 Å². The van der Waals surface area contributed by atoms with E-state index in [0.717, 1.165) is 27.9 Å². The van der Waals surface area contributed by atoms with Crippen molar-refractivity contribution >= 4 is 27.6 Å². The Morgan fingerprint density at radius 3 is 2.82 bits per heavy atom. The summed E-state index contributed by atoms with van der Waals surface area (Å²) in [7, 11) is 1.65. The summed E-state index contributed by atoms with van der Waals surface area (Å²) in [5.74, 6) is 1.18. The summed E-state index contributed by atoms with van der Waals surface area (Å²) >= 11 is 3.45. The SMILES string of the molecule is CCc1cccc(NC(N)=NCc2cc(Br)ccc2OC)c1. The second-order valence-corrected chi connectivity index (χ2v) is 5.75. The predicted octanol–water partition coefficient (Wildman–Crippen LogP) is 3.95. The highest BCUT2D eigenvalue weighted by Crippen LogP contribution is 2.23. The monoisotopic (exact) mass is 361 g/mol. The highest BCUT2D eigenvalue weighted by molar-refractivity contribution is 9.10. The number of nitrogens with one attached hydrogen (secondary N) is 1. The number of guanidine groups is 1. The number of halogens is 1. The standard InChI is InChI=1S/C17H20BrN3O/c1-3-12-5-4-6-15(9-12)21-17(19)20-11-13-10-14(18)7-8-16(13)22-2/h4-10H,3,11H2,1-2H3,(H3,19,20,21). The van der Waals surface area contributed by atoms with Crippen LogP contribution in [0.4, 0.5) is 5.69 Å². The van der Waals surface area contributed by atoms with Crippen molar-refractivity contribution in [1.82, 2.24) is 0 Å². The second-order valence-electron chi connectivity index (χ2n) is 4.84. The highest BCUT2D eigenvalue weighted by Gasteiger charge is 2.03. The van der Waals surface area contributed by atoms with Crippen LogP contribution in [0.5, 0.6) is 5.75 Å². The molecule has 116 valence electrons. The van der Waals surface area contributed by atoms with Crippen LogP contribution in [0, 0.1) is 0 Å². The third-order valence-electron chi connectivity index (χ3n) is 3.27. The number of nitrogens with zero attached hydrogens (tertiary/aromatic N) is 1. The number of nitrogens with two attached hydrogens (primary N) is 1. The molecule has 0 aromatic heterocycles. The Bertz CT molecular complexity index is 671. The first-order chi connectivity index (χ1) is 10.6. The Hall–Kier alpha value is -2.01. The van der Waals surface area contributed by atoms with E-state index < -0.39 is 0 Å². The Morgan fingerprint density at radius 1 is 1.27 bits per heavy atom. The molecule has 0 heterocycles. The first kappa shape index (κ1) is 16.4. The third kappa shape index (κ3) is 4.49. The minimum Gasteiger partial charge on any atom is -0.496 e. The van der Waals surface area contributed by atoms with Gasteiger partial charge in [-0.25, -0.2) is 4.99 Å². The molecule has 0 aliphatic heterocycles. The van der Waals surface area contributed by atoms with Gasteiger partial charge in [-0.15, -0.1) is 0 Å². The molecule has 0 amide bonds. The lowest BCUT2D eigenvalue weighted by molar-refractivity contribution is 0.410. The molecule has 22 heavy (non-hydrogen) atoms. The Kier molecular flexibility index (Phi) is 5.83. The normalized spacial score (nSPS) is 11.3. The molecule has 0 aliphatic carbocycles. The van der Waals surface area contributed by atoms with Crippen LogP contribution >= 0.6 is 15.9 Å². The number of hydrogen-bond donors (Lipinski definition) is 2. The maximum Gasteiger partial charge on any atom is 0.193 e. The van der Waals surface area contributed by atoms with E-state index >= 15 is 0 Å². The van der Waals surface area contributed by atoms with Crippen molar-refractivity contribution in [2.75, 3.05) is 12.4 Å². The molecule has 3 N–H and O–H groups in total. The molecule has 0 aliphatic rings. The van der Waals surface area contributed by atoms with Crippen LogP contribution < -0.4 is 15.8 Å². The summed E-state index contributed by atoms with van der Waals surface area (Å²) in [5.41, 5.74) is 9.14. The Morgan fingerprint density at radius 2 is 2.09 bits per heavy atom. The van der Waals surface area contributed by atoms with Gasteiger partial charge in [0.15, 0.2) is 5.96 Å². The number of anilines is 1. The van der Waals surface area contributed by atoms with Crippen LogP contribution in [0.25, 0.3) is 0 Å². The van der Waals surface area contributed by atoms with Gasteiger partial charge in [0.2, 0.25) is 0 Å². The summed E-state index contributed by atoms with van der Waals surface area (Å²) in [6, 6.07) is 14.0. The van der Waals surface area contributed by atoms with Gasteiger partial charge in [0, 0.05) is 15.7 Å². The molecule has 5 heteroatoms. The molecule has 2 aromatic carbocycles. The maximum absolute atomic E-state index is 5.96. The maximum atomic E-state index is 5.96. The van der Waals surface area contributed by atoms with Crippen LogP contribution in [-0.4, -0.2) is 13.1 Å². The molecule has 0 spiro atoms. The van der Waals surface area contributed by atoms with E-state index in [4.69, 9.17) is 10.5 Å². The molecule has 2 aromatic rings. The van der Waals surface area contributed by atoms with Gasteiger partial charge < -0.3 is 15.8 Å². The summed E-state index contributed by atoms with van der Waals surface area (Å²) in [6.45, 7) is 2.57. The lowest BCUT2D eigenvalue weighted by Crippen LogP contribution is -2.22. The fourth-order valence-electron chi connectivity index (χ4n) is 2.10. The van der Waals surface area contributed by atoms with Crippen molar-refractivity contribution in [3.05, 3.63) is 58.1 Å². The fourth-order valence-corrected chi connectivity index (χ4v) is 2.51. The summed E-state index contributed by atoms with van der Waals surface area (Å²) in [5, 5.41) is 3.11. The molecule has 0 saturated carbocycles. The molecular formula is C17H20BrN3O. The van der Waals surface area contributed by atoms with E-state index in [2.05, 4.69) is 45.3 Å². The summed E-state index contributed by atoms with van der Waals surface area (Å²) in [6.07, 6.45) is 0.988. The number of ether oxygens (including phenoxy) is 1. The van der Waals surface area contributed by atoms with Gasteiger partial charge in [-0.1, -0.05) is 35.0 Å². The number of rotatable bonds is 5. The quantitative estimate of drug-likeness (QED) is 0.626. The zero-order valence-corrected chi connectivity index (χ0v) is 14.4. The Labute approximate surface area is 139 Å². The first-order valence-electron chi connectivity index (χ1n) is 7.10. The van der Waals surface area contributed by atoms with Gasteiger partial charge in [0.1, 0.15) is 5.75 Å². The average Bonchev–Trinajstić information content (AvgIpc) is 2.53. The lowest BCUT2D eigenvalue weighted by Gasteiger charge is -2.09. The van der Waals surface area contributed by atoms with E-state index in [0.29, 0.717) is 12.5 Å². The molecule has 0 bridgehead atoms. The van der Waals surface area contributed by atoms with Crippen molar-refractivity contribution < 1.29 is 4.74 Å². The van der Waals surface area contributed by atoms with Gasteiger partial charge in [-0.2, -0.15) is 0 Å². The van der Waals surface area contributed by atoms with E-state index in [1.165, 1.54) is 5.56 Å². The van der Waals surface area contributed by atoms with Crippen molar-refractivity contribution in [3.63, 3.8) is 0 Å². The van der Waals surface area contributed by atoms with Crippen LogP contribution in [0.3, 0.4) is 0 Å². The van der Waals surface area contributed by atoms with Gasteiger partial charge >= 0.3 is 0 Å². The van der Waals surface area contributed by atoms with E-state index in [1.807, 2.05) is 30.3 Å². The highest BCUT2D eigenvalue weighted by atomic mass is 79.9. The fraction of sp³-hybridized carbons (Fsp3) is 0.235. The largest absolute Gasteiger partial charge is 0.496 e. The van der Waals surface area contributed by atoms with E-state index in [1.54, 1.807) is 7.11 Å². The molecule has 0 saturated heterocycles. The third-order valence-corrected chi connectivity index (χ3v) is 3.76. The van der Waals surface area contributed by atoms with Gasteiger partial charge in [0.05, 0.1) is 13.7 Å². The van der Waals surface area contributed by atoms with Crippen LogP contribution in [0.2, 0.25) is 0 Å². The number of methoxy groups -OCH3 is 1. The van der Waals surface area contributed by atoms with Crippen molar-refractivity contribution in [2.24, 2.45) is 10.7 Å². The molecular weight excluding hydrogens is 342 g/mol. The van der Waals surface area contributed by atoms with Gasteiger partial charge in [-0.05, 0) is 42.3 Å². The Balaban J connectivity index is 2.08. The van der Waals surface area contributed by atoms with Gasteiger partial charge in [0.25, 0.3) is 0 Å². The van der Waals surface area contributed by atoms with Crippen molar-refractivity contribution in [3.8, 4) is 5.75 Å². The molecule has 0 fully saturated rings. The smallest absolute Gasteiger partial charge is 0.193 e. The minimum absolute atomic E-state index is 0.385. The zero-order valence-electron chi connectivity index (χ0n) is 12.8. The number of aliphatic imine (C=N–C) groups is 1. The minimum atomic E-state index is 0.385. The van der Waals surface area contributed by atoms with Crippen LogP contribution in [-0.2, 0) is 13.0 Å². The average molecular weight is 362 g/mol. The molecule has 0 unspecified atom stereocenters. The van der Waals surface area contributed by atoms with Gasteiger partial charge in [-0.3, -0.25) is 0 Å². The lowest BCUT2D eigenvalue weighted by atomic mass is 10.1. The molecule has 0 atom stereocenters. The number of benzene rings is 2. The zero-order chi connectivity index (χ0) is 15.9. The number of hydrogen-bond acceptors (Lipinski definition) is 2. The summed E-state index contributed by atoms with van der Waals surface area (Å²) in [4.78, 5) is 4.38. The van der Waals surface area contributed by atoms with Crippen LogP contribution in [0.15, 0.2) is 51.9 Å². The predicted molar refractivity (Wildman–Crippen MR) is 95.5 cm³/mol. The van der Waals surface area contributed by atoms with Crippen molar-refractivity contribution in [1.29, 1.82) is 0 Å². The van der Waals surface area contributed by atoms with E-state index in [-0.39, 0.29) is 0 Å².